The molecule has 2 aliphatic rings. The first-order chi connectivity index (χ1) is 10.8. The van der Waals surface area contributed by atoms with Crippen LogP contribution in [0.4, 0.5) is 0 Å². The molecule has 0 N–H and O–H groups in total. The number of carbonyl (C=O) groups is 1. The third-order valence-corrected chi connectivity index (χ3v) is 5.57. The number of aromatic nitrogens is 2. The highest BCUT2D eigenvalue weighted by Crippen LogP contribution is 2.33. The molecule has 116 valence electrons. The topological polar surface area (TPSA) is 59.2 Å². The summed E-state index contributed by atoms with van der Waals surface area (Å²) < 4.78 is 5.36. The number of nitrogens with zero attached hydrogens (tertiary/aromatic N) is 3. The van der Waals surface area contributed by atoms with Gasteiger partial charge in [0.25, 0.3) is 5.89 Å². The molecule has 1 aliphatic heterocycles. The number of rotatable bonds is 3. The molecular formula is C16H19N3O2S. The molecule has 2 fully saturated rings. The van der Waals surface area contributed by atoms with E-state index in [-0.39, 0.29) is 11.8 Å². The molecule has 1 saturated carbocycles. The van der Waals surface area contributed by atoms with Gasteiger partial charge in [0.1, 0.15) is 0 Å². The van der Waals surface area contributed by atoms with Gasteiger partial charge in [-0.05, 0) is 24.3 Å². The minimum absolute atomic E-state index is 0.0758. The zero-order chi connectivity index (χ0) is 14.9. The molecule has 0 bridgehead atoms. The van der Waals surface area contributed by atoms with Crippen molar-refractivity contribution in [1.82, 2.24) is 15.0 Å². The van der Waals surface area contributed by atoms with Crippen LogP contribution < -0.4 is 0 Å². The number of amides is 1. The van der Waals surface area contributed by atoms with Crippen LogP contribution in [-0.4, -0.2) is 33.5 Å². The summed E-state index contributed by atoms with van der Waals surface area (Å²) in [7, 11) is 0. The molecule has 22 heavy (non-hydrogen) atoms. The van der Waals surface area contributed by atoms with Crippen molar-refractivity contribution in [2.45, 2.75) is 50.5 Å². The predicted molar refractivity (Wildman–Crippen MR) is 83.6 cm³/mol. The van der Waals surface area contributed by atoms with Gasteiger partial charge in [-0.1, -0.05) is 30.5 Å². The first-order valence-electron chi connectivity index (χ1n) is 7.98. The van der Waals surface area contributed by atoms with E-state index in [1.54, 1.807) is 11.3 Å². The summed E-state index contributed by atoms with van der Waals surface area (Å²) in [4.78, 5) is 19.9. The molecule has 5 nitrogen and oxygen atoms in total. The lowest BCUT2D eigenvalue weighted by Crippen LogP contribution is -2.37. The van der Waals surface area contributed by atoms with Gasteiger partial charge in [0.15, 0.2) is 5.82 Å². The summed E-state index contributed by atoms with van der Waals surface area (Å²) in [6.07, 6.45) is 6.58. The lowest BCUT2D eigenvalue weighted by molar-refractivity contribution is -0.130. The van der Waals surface area contributed by atoms with Crippen LogP contribution >= 0.6 is 11.3 Å². The molecule has 1 saturated heterocycles. The Kier molecular flexibility index (Phi) is 3.70. The standard InChI is InChI=1S/C16H19N3O2S/c20-14-9-11(10-19(14)12-5-2-1-3-6-12)15-17-16(21-18-15)13-7-4-8-22-13/h4,7-8,11-12H,1-3,5-6,9-10H2. The van der Waals surface area contributed by atoms with Crippen molar-refractivity contribution in [3.05, 3.63) is 23.3 Å². The summed E-state index contributed by atoms with van der Waals surface area (Å²) in [5.74, 6) is 1.56. The Bertz CT molecular complexity index is 646. The first kappa shape index (κ1) is 13.9. The van der Waals surface area contributed by atoms with E-state index in [1.165, 1.54) is 19.3 Å². The lowest BCUT2D eigenvalue weighted by Gasteiger charge is -2.31. The number of carbonyl (C=O) groups excluding carboxylic acids is 1. The Balaban J connectivity index is 1.48. The Labute approximate surface area is 133 Å². The average Bonchev–Trinajstić information content (AvgIpc) is 3.28. The molecule has 3 heterocycles. The van der Waals surface area contributed by atoms with Crippen molar-refractivity contribution in [2.24, 2.45) is 0 Å². The fraction of sp³-hybridized carbons (Fsp3) is 0.562. The van der Waals surface area contributed by atoms with Crippen LogP contribution in [0.15, 0.2) is 22.0 Å². The average molecular weight is 317 g/mol. The van der Waals surface area contributed by atoms with Gasteiger partial charge in [-0.2, -0.15) is 4.98 Å². The van der Waals surface area contributed by atoms with Crippen molar-refractivity contribution in [3.8, 4) is 10.8 Å². The fourth-order valence-corrected chi connectivity index (χ4v) is 4.20. The summed E-state index contributed by atoms with van der Waals surface area (Å²) in [6, 6.07) is 4.36. The zero-order valence-corrected chi connectivity index (χ0v) is 13.2. The normalized spacial score (nSPS) is 23.4. The van der Waals surface area contributed by atoms with E-state index in [0.717, 1.165) is 24.3 Å². The molecule has 0 radical (unpaired) electrons. The van der Waals surface area contributed by atoms with E-state index in [9.17, 15) is 4.79 Å². The minimum Gasteiger partial charge on any atom is -0.339 e. The minimum atomic E-state index is 0.0758. The number of hydrogen-bond donors (Lipinski definition) is 0. The molecule has 0 aromatic carbocycles. The smallest absolute Gasteiger partial charge is 0.267 e. The zero-order valence-electron chi connectivity index (χ0n) is 12.4. The second-order valence-electron chi connectivity index (χ2n) is 6.17. The van der Waals surface area contributed by atoms with Crippen molar-refractivity contribution in [3.63, 3.8) is 0 Å². The van der Waals surface area contributed by atoms with Crippen molar-refractivity contribution >= 4 is 17.2 Å². The summed E-state index contributed by atoms with van der Waals surface area (Å²) in [5, 5.41) is 6.10. The molecule has 2 aromatic rings. The molecule has 1 aliphatic carbocycles. The number of hydrogen-bond acceptors (Lipinski definition) is 5. The monoisotopic (exact) mass is 317 g/mol. The first-order valence-corrected chi connectivity index (χ1v) is 8.86. The van der Waals surface area contributed by atoms with Crippen molar-refractivity contribution < 1.29 is 9.32 Å². The third-order valence-electron chi connectivity index (χ3n) is 4.71. The highest BCUT2D eigenvalue weighted by molar-refractivity contribution is 7.13. The van der Waals surface area contributed by atoms with Gasteiger partial charge >= 0.3 is 0 Å². The number of thiophene rings is 1. The van der Waals surface area contributed by atoms with Gasteiger partial charge in [-0.15, -0.1) is 11.3 Å². The van der Waals surface area contributed by atoms with Crippen LogP contribution in [0.1, 0.15) is 50.3 Å². The van der Waals surface area contributed by atoms with Crippen LogP contribution in [-0.2, 0) is 4.79 Å². The Morgan fingerprint density at radius 2 is 2.14 bits per heavy atom. The maximum atomic E-state index is 12.3. The van der Waals surface area contributed by atoms with Crippen LogP contribution in [0.5, 0.6) is 0 Å². The van der Waals surface area contributed by atoms with Crippen LogP contribution in [0.3, 0.4) is 0 Å². The maximum absolute atomic E-state index is 12.3. The molecule has 0 spiro atoms. The molecule has 1 atom stereocenters. The molecule has 1 amide bonds. The van der Waals surface area contributed by atoms with Crippen LogP contribution in [0.25, 0.3) is 10.8 Å². The molecule has 1 unspecified atom stereocenters. The quantitative estimate of drug-likeness (QED) is 0.870. The maximum Gasteiger partial charge on any atom is 0.267 e. The molecule has 6 heteroatoms. The summed E-state index contributed by atoms with van der Waals surface area (Å²) >= 11 is 1.58. The largest absolute Gasteiger partial charge is 0.339 e. The van der Waals surface area contributed by atoms with Gasteiger partial charge < -0.3 is 9.42 Å². The number of likely N-dealkylation sites (tertiary alicyclic amines) is 1. The third kappa shape index (κ3) is 2.56. The van der Waals surface area contributed by atoms with Gasteiger partial charge in [0.2, 0.25) is 5.91 Å². The van der Waals surface area contributed by atoms with Crippen molar-refractivity contribution in [2.75, 3.05) is 6.54 Å². The van der Waals surface area contributed by atoms with Gasteiger partial charge in [0, 0.05) is 24.9 Å². The SMILES string of the molecule is O=C1CC(c2noc(-c3cccs3)n2)CN1C1CCCCC1. The molecule has 2 aromatic heterocycles. The second-order valence-corrected chi connectivity index (χ2v) is 7.12. The highest BCUT2D eigenvalue weighted by atomic mass is 32.1. The Morgan fingerprint density at radius 1 is 1.27 bits per heavy atom. The van der Waals surface area contributed by atoms with Crippen LogP contribution in [0.2, 0.25) is 0 Å². The van der Waals surface area contributed by atoms with E-state index in [0.29, 0.717) is 24.2 Å². The Hall–Kier alpha value is -1.69. The predicted octanol–water partition coefficient (Wildman–Crippen LogP) is 3.45. The van der Waals surface area contributed by atoms with Gasteiger partial charge in [-0.25, -0.2) is 0 Å². The molecule has 4 rings (SSSR count). The fourth-order valence-electron chi connectivity index (χ4n) is 3.55. The molecular weight excluding hydrogens is 298 g/mol. The van der Waals surface area contributed by atoms with Gasteiger partial charge in [0.05, 0.1) is 4.88 Å². The van der Waals surface area contributed by atoms with Crippen molar-refractivity contribution in [1.29, 1.82) is 0 Å². The summed E-state index contributed by atoms with van der Waals surface area (Å²) in [6.45, 7) is 0.743. The second kappa shape index (κ2) is 5.83. The lowest BCUT2D eigenvalue weighted by atomic mass is 9.94. The van der Waals surface area contributed by atoms with E-state index in [2.05, 4.69) is 15.0 Å². The van der Waals surface area contributed by atoms with E-state index >= 15 is 0 Å². The van der Waals surface area contributed by atoms with Gasteiger partial charge in [-0.3, -0.25) is 4.79 Å². The van der Waals surface area contributed by atoms with E-state index in [4.69, 9.17) is 4.52 Å². The van der Waals surface area contributed by atoms with Crippen LogP contribution in [0, 0.1) is 0 Å². The van der Waals surface area contributed by atoms with E-state index < -0.39 is 0 Å². The van der Waals surface area contributed by atoms with E-state index in [1.807, 2.05) is 17.5 Å². The summed E-state index contributed by atoms with van der Waals surface area (Å²) in [5.41, 5.74) is 0. The Morgan fingerprint density at radius 3 is 2.91 bits per heavy atom. The highest BCUT2D eigenvalue weighted by Gasteiger charge is 2.37.